The average molecular weight is 245 g/mol. The Labute approximate surface area is 105 Å². The first-order valence-corrected chi connectivity index (χ1v) is 5.95. The van der Waals surface area contributed by atoms with Crippen molar-refractivity contribution in [3.8, 4) is 0 Å². The van der Waals surface area contributed by atoms with Gasteiger partial charge in [0.1, 0.15) is 0 Å². The number of unbranched alkanes of at least 4 members (excludes halogenated alkanes) is 1. The number of hydrogen-bond acceptors (Lipinski definition) is 3. The Bertz CT molecular complexity index is 491. The number of nitro benzene ring substituents is 1. The molecule has 5 nitrogen and oxygen atoms in total. The number of benzene rings is 1. The highest BCUT2D eigenvalue weighted by atomic mass is 16.6. The summed E-state index contributed by atoms with van der Waals surface area (Å²) in [5, 5.41) is 10.5. The third-order valence-electron chi connectivity index (χ3n) is 2.84. The smallest absolute Gasteiger partial charge is 0.269 e. The Kier molecular flexibility index (Phi) is 4.06. The van der Waals surface area contributed by atoms with Crippen LogP contribution in [-0.4, -0.2) is 14.5 Å². The number of imidazole rings is 1. The lowest BCUT2D eigenvalue weighted by molar-refractivity contribution is -0.384. The van der Waals surface area contributed by atoms with E-state index in [1.807, 2.05) is 24.7 Å². The second-order valence-corrected chi connectivity index (χ2v) is 4.18. The number of nitrogens with zero attached hydrogens (tertiary/aromatic N) is 3. The second kappa shape index (κ2) is 5.95. The summed E-state index contributed by atoms with van der Waals surface area (Å²) in [5.74, 6) is 0. The van der Waals surface area contributed by atoms with Gasteiger partial charge in [0, 0.05) is 31.1 Å². The summed E-state index contributed by atoms with van der Waals surface area (Å²) in [6.45, 7) is 0.965. The summed E-state index contributed by atoms with van der Waals surface area (Å²) in [7, 11) is 0. The maximum Gasteiger partial charge on any atom is 0.269 e. The van der Waals surface area contributed by atoms with Crippen LogP contribution in [0.2, 0.25) is 0 Å². The zero-order chi connectivity index (χ0) is 12.8. The van der Waals surface area contributed by atoms with Gasteiger partial charge in [-0.05, 0) is 24.8 Å². The molecule has 0 saturated carbocycles. The molecule has 0 radical (unpaired) electrons. The fraction of sp³-hybridized carbons (Fsp3) is 0.308. The van der Waals surface area contributed by atoms with Crippen molar-refractivity contribution in [2.75, 3.05) is 0 Å². The first-order valence-electron chi connectivity index (χ1n) is 5.95. The Hall–Kier alpha value is -2.17. The molecule has 1 heterocycles. The summed E-state index contributed by atoms with van der Waals surface area (Å²) in [5.41, 5.74) is 1.29. The molecule has 0 atom stereocenters. The Morgan fingerprint density at radius 3 is 2.61 bits per heavy atom. The van der Waals surface area contributed by atoms with Gasteiger partial charge in [-0.2, -0.15) is 0 Å². The largest absolute Gasteiger partial charge is 0.337 e. The monoisotopic (exact) mass is 245 g/mol. The molecule has 18 heavy (non-hydrogen) atoms. The van der Waals surface area contributed by atoms with Crippen molar-refractivity contribution in [2.24, 2.45) is 0 Å². The van der Waals surface area contributed by atoms with Gasteiger partial charge in [0.25, 0.3) is 5.69 Å². The van der Waals surface area contributed by atoms with E-state index in [-0.39, 0.29) is 10.6 Å². The van der Waals surface area contributed by atoms with Gasteiger partial charge in [-0.1, -0.05) is 12.1 Å². The molecule has 1 aromatic carbocycles. The lowest BCUT2D eigenvalue weighted by atomic mass is 10.1. The fourth-order valence-electron chi connectivity index (χ4n) is 1.83. The van der Waals surface area contributed by atoms with Gasteiger partial charge in [0.15, 0.2) is 0 Å². The van der Waals surface area contributed by atoms with Crippen LogP contribution < -0.4 is 0 Å². The van der Waals surface area contributed by atoms with Crippen LogP contribution in [0.1, 0.15) is 18.4 Å². The van der Waals surface area contributed by atoms with Gasteiger partial charge in [0.2, 0.25) is 0 Å². The normalized spacial score (nSPS) is 10.4. The van der Waals surface area contributed by atoms with E-state index in [4.69, 9.17) is 0 Å². The van der Waals surface area contributed by atoms with Crippen LogP contribution in [0.3, 0.4) is 0 Å². The number of aryl methyl sites for hydroxylation is 2. The maximum absolute atomic E-state index is 10.5. The number of rotatable bonds is 6. The molecule has 0 N–H and O–H groups in total. The zero-order valence-corrected chi connectivity index (χ0v) is 10.0. The number of hydrogen-bond donors (Lipinski definition) is 0. The predicted octanol–water partition coefficient (Wildman–Crippen LogP) is 2.81. The topological polar surface area (TPSA) is 61.0 Å². The molecule has 0 aliphatic heterocycles. The zero-order valence-electron chi connectivity index (χ0n) is 10.0. The average Bonchev–Trinajstić information content (AvgIpc) is 2.88. The number of non-ortho nitro benzene ring substituents is 1. The molecule has 0 fully saturated rings. The van der Waals surface area contributed by atoms with Gasteiger partial charge in [-0.3, -0.25) is 10.1 Å². The molecular weight excluding hydrogens is 230 g/mol. The van der Waals surface area contributed by atoms with Crippen molar-refractivity contribution < 1.29 is 4.92 Å². The van der Waals surface area contributed by atoms with Gasteiger partial charge in [-0.25, -0.2) is 4.98 Å². The summed E-state index contributed by atoms with van der Waals surface area (Å²) >= 11 is 0. The van der Waals surface area contributed by atoms with Gasteiger partial charge in [0.05, 0.1) is 11.3 Å². The molecule has 0 amide bonds. The maximum atomic E-state index is 10.5. The van der Waals surface area contributed by atoms with E-state index >= 15 is 0 Å². The van der Waals surface area contributed by atoms with Gasteiger partial charge >= 0.3 is 0 Å². The van der Waals surface area contributed by atoms with Crippen molar-refractivity contribution in [1.29, 1.82) is 0 Å². The molecule has 0 saturated heterocycles. The predicted molar refractivity (Wildman–Crippen MR) is 68.3 cm³/mol. The molecule has 0 aliphatic rings. The van der Waals surface area contributed by atoms with E-state index < -0.39 is 0 Å². The van der Waals surface area contributed by atoms with E-state index in [9.17, 15) is 10.1 Å². The van der Waals surface area contributed by atoms with Crippen molar-refractivity contribution in [2.45, 2.75) is 25.8 Å². The van der Waals surface area contributed by atoms with Gasteiger partial charge in [-0.15, -0.1) is 0 Å². The lowest BCUT2D eigenvalue weighted by Crippen LogP contribution is -1.95. The first-order chi connectivity index (χ1) is 8.75. The third kappa shape index (κ3) is 3.41. The summed E-state index contributed by atoms with van der Waals surface area (Å²) in [6, 6.07) is 6.78. The second-order valence-electron chi connectivity index (χ2n) is 4.18. The summed E-state index contributed by atoms with van der Waals surface area (Å²) in [4.78, 5) is 14.1. The molecule has 2 rings (SSSR count). The minimum Gasteiger partial charge on any atom is -0.337 e. The highest BCUT2D eigenvalue weighted by Crippen LogP contribution is 2.13. The van der Waals surface area contributed by atoms with Crippen LogP contribution in [0.25, 0.3) is 0 Å². The highest BCUT2D eigenvalue weighted by Gasteiger charge is 2.03. The third-order valence-corrected chi connectivity index (χ3v) is 2.84. The standard InChI is InChI=1S/C13H15N3O2/c17-16(18)13-6-4-12(5-7-13)3-1-2-9-15-10-8-14-11-15/h4-8,10-11H,1-3,9H2. The SMILES string of the molecule is O=[N+]([O-])c1ccc(CCCCn2ccnc2)cc1. The molecule has 0 aliphatic carbocycles. The van der Waals surface area contributed by atoms with E-state index in [2.05, 4.69) is 9.55 Å². The van der Waals surface area contributed by atoms with Crippen LogP contribution in [-0.2, 0) is 13.0 Å². The van der Waals surface area contributed by atoms with Crippen molar-refractivity contribution in [3.63, 3.8) is 0 Å². The number of nitro groups is 1. The molecule has 0 bridgehead atoms. The minimum atomic E-state index is -0.372. The van der Waals surface area contributed by atoms with E-state index in [1.165, 1.54) is 0 Å². The van der Waals surface area contributed by atoms with E-state index in [0.717, 1.165) is 31.4 Å². The molecule has 1 aromatic heterocycles. The Balaban J connectivity index is 1.75. The van der Waals surface area contributed by atoms with Crippen LogP contribution in [0, 0.1) is 10.1 Å². The van der Waals surface area contributed by atoms with E-state index in [1.54, 1.807) is 18.3 Å². The van der Waals surface area contributed by atoms with Crippen molar-refractivity contribution >= 4 is 5.69 Å². The summed E-state index contributed by atoms with van der Waals surface area (Å²) in [6.07, 6.45) is 8.63. The van der Waals surface area contributed by atoms with Crippen molar-refractivity contribution in [1.82, 2.24) is 9.55 Å². The molecule has 0 spiro atoms. The fourth-order valence-corrected chi connectivity index (χ4v) is 1.83. The Morgan fingerprint density at radius 2 is 2.00 bits per heavy atom. The highest BCUT2D eigenvalue weighted by molar-refractivity contribution is 5.32. The van der Waals surface area contributed by atoms with Crippen LogP contribution >= 0.6 is 0 Å². The molecule has 0 unspecified atom stereocenters. The molecular formula is C13H15N3O2. The Morgan fingerprint density at radius 1 is 1.22 bits per heavy atom. The molecule has 5 heteroatoms. The summed E-state index contributed by atoms with van der Waals surface area (Å²) < 4.78 is 2.05. The minimum absolute atomic E-state index is 0.150. The van der Waals surface area contributed by atoms with Gasteiger partial charge < -0.3 is 4.57 Å². The first kappa shape index (κ1) is 12.3. The quantitative estimate of drug-likeness (QED) is 0.446. The van der Waals surface area contributed by atoms with Crippen molar-refractivity contribution in [3.05, 3.63) is 58.7 Å². The molecule has 94 valence electrons. The van der Waals surface area contributed by atoms with Crippen LogP contribution in [0.5, 0.6) is 0 Å². The molecule has 2 aromatic rings. The van der Waals surface area contributed by atoms with Crippen LogP contribution in [0.4, 0.5) is 5.69 Å². The van der Waals surface area contributed by atoms with Crippen LogP contribution in [0.15, 0.2) is 43.0 Å². The lowest BCUT2D eigenvalue weighted by Gasteiger charge is -2.02. The number of aromatic nitrogens is 2. The van der Waals surface area contributed by atoms with E-state index in [0.29, 0.717) is 0 Å².